The Hall–Kier alpha value is -2.74. The number of nitrogens with one attached hydrogen (secondary N) is 1. The number of hydrogen-bond donors (Lipinski definition) is 1. The van der Waals surface area contributed by atoms with Gasteiger partial charge in [-0.05, 0) is 92.9 Å². The van der Waals surface area contributed by atoms with E-state index < -0.39 is 16.1 Å². The van der Waals surface area contributed by atoms with Crippen molar-refractivity contribution in [1.29, 1.82) is 0 Å². The third-order valence-corrected chi connectivity index (χ3v) is 9.76. The van der Waals surface area contributed by atoms with Gasteiger partial charge in [0.25, 0.3) is 0 Å². The van der Waals surface area contributed by atoms with E-state index in [1.165, 1.54) is 0 Å². The number of aryl methyl sites for hydroxylation is 3. The predicted octanol–water partition coefficient (Wildman–Crippen LogP) is 5.08. The van der Waals surface area contributed by atoms with Gasteiger partial charge < -0.3 is 4.74 Å². The molecule has 3 aromatic rings. The quantitative estimate of drug-likeness (QED) is 0.453. The molecule has 1 aromatic heterocycles. The Kier molecular flexibility index (Phi) is 6.66. The number of hydrogen-bond acceptors (Lipinski definition) is 5. The monoisotopic (exact) mass is 505 g/mol. The Morgan fingerprint density at radius 3 is 2.56 bits per heavy atom. The summed E-state index contributed by atoms with van der Waals surface area (Å²) in [6, 6.07) is 11.2. The Balaban J connectivity index is 1.64. The first kappa shape index (κ1) is 24.9. The lowest BCUT2D eigenvalue weighted by Crippen LogP contribution is -2.57. The maximum absolute atomic E-state index is 14.0. The fraction of sp³-hybridized carbons (Fsp3) is 0.414. The van der Waals surface area contributed by atoms with Crippen molar-refractivity contribution in [2.45, 2.75) is 50.6 Å². The van der Waals surface area contributed by atoms with E-state index in [-0.39, 0.29) is 6.04 Å². The van der Waals surface area contributed by atoms with Gasteiger partial charge in [-0.2, -0.15) is 0 Å². The predicted molar refractivity (Wildman–Crippen MR) is 144 cm³/mol. The van der Waals surface area contributed by atoms with Crippen molar-refractivity contribution in [2.75, 3.05) is 20.2 Å². The number of benzene rings is 2. The van der Waals surface area contributed by atoms with Gasteiger partial charge in [-0.1, -0.05) is 23.8 Å². The minimum Gasteiger partial charge on any atom is -0.497 e. The van der Waals surface area contributed by atoms with Crippen molar-refractivity contribution in [2.24, 2.45) is 11.8 Å². The summed E-state index contributed by atoms with van der Waals surface area (Å²) in [5.41, 5.74) is 4.33. The number of rotatable bonds is 7. The second-order valence-corrected chi connectivity index (χ2v) is 12.0. The van der Waals surface area contributed by atoms with E-state index in [1.54, 1.807) is 13.3 Å². The minimum atomic E-state index is -3.80. The number of pyridine rings is 1. The van der Waals surface area contributed by atoms with Crippen LogP contribution in [0.4, 0.5) is 0 Å². The second kappa shape index (κ2) is 9.61. The lowest BCUT2D eigenvalue weighted by atomic mass is 9.73. The van der Waals surface area contributed by atoms with Crippen LogP contribution in [0.2, 0.25) is 0 Å². The van der Waals surface area contributed by atoms with E-state index in [4.69, 9.17) is 4.74 Å². The minimum absolute atomic E-state index is 0.0394. The lowest BCUT2D eigenvalue weighted by Gasteiger charge is -2.51. The van der Waals surface area contributed by atoms with Gasteiger partial charge in [0.05, 0.1) is 23.6 Å². The molecule has 3 fully saturated rings. The van der Waals surface area contributed by atoms with Gasteiger partial charge in [-0.15, -0.1) is 6.58 Å². The van der Waals surface area contributed by atoms with E-state index in [0.29, 0.717) is 16.7 Å². The highest BCUT2D eigenvalue weighted by molar-refractivity contribution is 7.89. The van der Waals surface area contributed by atoms with E-state index >= 15 is 0 Å². The van der Waals surface area contributed by atoms with E-state index in [9.17, 15) is 8.42 Å². The topological polar surface area (TPSA) is 71.5 Å². The third kappa shape index (κ3) is 4.44. The van der Waals surface area contributed by atoms with Gasteiger partial charge in [-0.3, -0.25) is 9.88 Å². The summed E-state index contributed by atoms with van der Waals surface area (Å²) >= 11 is 0. The van der Waals surface area contributed by atoms with Crippen molar-refractivity contribution < 1.29 is 13.2 Å². The molecule has 3 aliphatic heterocycles. The van der Waals surface area contributed by atoms with Gasteiger partial charge in [0.2, 0.25) is 10.0 Å². The van der Waals surface area contributed by atoms with Crippen LogP contribution in [0.5, 0.6) is 5.75 Å². The number of piperidine rings is 3. The Labute approximate surface area is 214 Å². The zero-order chi connectivity index (χ0) is 25.6. The Morgan fingerprint density at radius 2 is 1.92 bits per heavy atom. The molecule has 0 amide bonds. The standard InChI is InChI=1S/C29H35N3O3S/c1-6-21-17-32-12-10-22(21)15-27(32)28(24-9-11-30-26-8-7-23(35-5)16-25(24)26)31-36(33,34)29-19(3)13-18(2)14-20(29)4/h6-9,11,13-14,16,21-22,27-28,31H,1,10,12,15,17H2,2-5H3/t21?,22?,27?,28-/m0/s1. The van der Waals surface area contributed by atoms with Gasteiger partial charge in [0.15, 0.2) is 0 Å². The van der Waals surface area contributed by atoms with E-state index in [2.05, 4.69) is 27.3 Å². The molecular formula is C29H35N3O3S. The molecule has 0 aliphatic carbocycles. The number of sulfonamides is 1. The van der Waals surface area contributed by atoms with Crippen molar-refractivity contribution >= 4 is 20.9 Å². The maximum Gasteiger partial charge on any atom is 0.241 e. The molecule has 6 nitrogen and oxygen atoms in total. The number of aromatic nitrogens is 1. The molecule has 3 aliphatic rings. The molecule has 0 radical (unpaired) electrons. The van der Waals surface area contributed by atoms with Gasteiger partial charge in [0, 0.05) is 24.2 Å². The summed E-state index contributed by atoms with van der Waals surface area (Å²) in [5.74, 6) is 1.68. The van der Waals surface area contributed by atoms with E-state index in [1.807, 2.05) is 57.2 Å². The fourth-order valence-electron chi connectivity index (χ4n) is 6.43. The van der Waals surface area contributed by atoms with Crippen LogP contribution in [0.1, 0.15) is 41.1 Å². The summed E-state index contributed by atoms with van der Waals surface area (Å²) in [6.07, 6.45) is 5.88. The average molecular weight is 506 g/mol. The molecule has 7 heteroatoms. The molecule has 2 aromatic carbocycles. The third-order valence-electron chi connectivity index (χ3n) is 8.01. The Bertz CT molecular complexity index is 1400. The molecule has 4 unspecified atom stereocenters. The second-order valence-electron chi connectivity index (χ2n) is 10.4. The average Bonchev–Trinajstić information content (AvgIpc) is 2.86. The first-order valence-corrected chi connectivity index (χ1v) is 14.1. The summed E-state index contributed by atoms with van der Waals surface area (Å²) < 4.78 is 36.7. The molecule has 5 atom stereocenters. The van der Waals surface area contributed by atoms with Crippen molar-refractivity contribution in [3.05, 3.63) is 77.5 Å². The van der Waals surface area contributed by atoms with Crippen LogP contribution in [0, 0.1) is 32.6 Å². The SMILES string of the molecule is C=CC1CN2CCC1CC2[C@@H](NS(=O)(=O)c1c(C)cc(C)cc1C)c1ccnc2ccc(OC)cc12. The van der Waals surface area contributed by atoms with Crippen LogP contribution < -0.4 is 9.46 Å². The summed E-state index contributed by atoms with van der Waals surface area (Å²) in [5, 5.41) is 0.907. The molecule has 1 N–H and O–H groups in total. The summed E-state index contributed by atoms with van der Waals surface area (Å²) in [6.45, 7) is 11.7. The summed E-state index contributed by atoms with van der Waals surface area (Å²) in [7, 11) is -2.16. The number of fused-ring (bicyclic) bond motifs is 4. The Morgan fingerprint density at radius 1 is 1.17 bits per heavy atom. The molecular weight excluding hydrogens is 470 g/mol. The first-order valence-electron chi connectivity index (χ1n) is 12.6. The molecule has 0 spiro atoms. The number of nitrogens with zero attached hydrogens (tertiary/aromatic N) is 2. The van der Waals surface area contributed by atoms with Crippen LogP contribution in [-0.4, -0.2) is 44.5 Å². The maximum atomic E-state index is 14.0. The largest absolute Gasteiger partial charge is 0.497 e. The first-order chi connectivity index (χ1) is 17.2. The van der Waals surface area contributed by atoms with Crippen LogP contribution in [0.25, 0.3) is 10.9 Å². The lowest BCUT2D eigenvalue weighted by molar-refractivity contribution is 0.00490. The van der Waals surface area contributed by atoms with Gasteiger partial charge >= 0.3 is 0 Å². The van der Waals surface area contributed by atoms with Crippen molar-refractivity contribution in [1.82, 2.24) is 14.6 Å². The van der Waals surface area contributed by atoms with Crippen LogP contribution in [-0.2, 0) is 10.0 Å². The van der Waals surface area contributed by atoms with Gasteiger partial charge in [0.1, 0.15) is 5.75 Å². The number of methoxy groups -OCH3 is 1. The zero-order valence-corrected chi connectivity index (χ0v) is 22.3. The van der Waals surface area contributed by atoms with Crippen molar-refractivity contribution in [3.8, 4) is 5.75 Å². The molecule has 2 bridgehead atoms. The highest BCUT2D eigenvalue weighted by Crippen LogP contribution is 2.43. The highest BCUT2D eigenvalue weighted by atomic mass is 32.2. The van der Waals surface area contributed by atoms with Crippen LogP contribution >= 0.6 is 0 Å². The van der Waals surface area contributed by atoms with Gasteiger partial charge in [-0.25, -0.2) is 13.1 Å². The van der Waals surface area contributed by atoms with Crippen LogP contribution in [0.15, 0.2) is 60.1 Å². The molecule has 4 heterocycles. The highest BCUT2D eigenvalue weighted by Gasteiger charge is 2.44. The van der Waals surface area contributed by atoms with Crippen LogP contribution in [0.3, 0.4) is 0 Å². The van der Waals surface area contributed by atoms with Crippen molar-refractivity contribution in [3.63, 3.8) is 0 Å². The molecule has 0 saturated carbocycles. The molecule has 36 heavy (non-hydrogen) atoms. The normalized spacial score (nSPS) is 24.6. The molecule has 190 valence electrons. The molecule has 6 rings (SSSR count). The molecule has 3 saturated heterocycles. The number of ether oxygens (including phenoxy) is 1. The zero-order valence-electron chi connectivity index (χ0n) is 21.5. The smallest absolute Gasteiger partial charge is 0.241 e. The summed E-state index contributed by atoms with van der Waals surface area (Å²) in [4.78, 5) is 7.37. The van der Waals surface area contributed by atoms with E-state index in [0.717, 1.165) is 64.8 Å². The fourth-order valence-corrected chi connectivity index (χ4v) is 8.14.